The molecule has 0 unspecified atom stereocenters. The Balaban J connectivity index is 2.07. The van der Waals surface area contributed by atoms with Gasteiger partial charge in [-0.2, -0.15) is 0 Å². The molecular formula is C16H24FN3O2S. The van der Waals surface area contributed by atoms with Crippen molar-refractivity contribution in [3.05, 3.63) is 24.0 Å². The molecule has 1 aromatic carbocycles. The average molecular weight is 341 g/mol. The highest BCUT2D eigenvalue weighted by molar-refractivity contribution is 7.84. The normalized spacial score (nSPS) is 17.4. The van der Waals surface area contributed by atoms with Crippen molar-refractivity contribution in [2.45, 2.75) is 32.2 Å². The highest BCUT2D eigenvalue weighted by Gasteiger charge is 2.17. The molecule has 23 heavy (non-hydrogen) atoms. The van der Waals surface area contributed by atoms with Crippen LogP contribution >= 0.6 is 0 Å². The van der Waals surface area contributed by atoms with Gasteiger partial charge in [0.2, 0.25) is 0 Å². The third kappa shape index (κ3) is 5.49. The summed E-state index contributed by atoms with van der Waals surface area (Å²) in [6.45, 7) is 3.61. The minimum atomic E-state index is -0.981. The second kappa shape index (κ2) is 8.29. The van der Waals surface area contributed by atoms with Gasteiger partial charge in [-0.25, -0.2) is 9.18 Å². The summed E-state index contributed by atoms with van der Waals surface area (Å²) in [5.41, 5.74) is 1.31. The van der Waals surface area contributed by atoms with E-state index < -0.39 is 16.8 Å². The lowest BCUT2D eigenvalue weighted by Gasteiger charge is -2.30. The number of hydrogen-bond donors (Lipinski definition) is 2. The molecule has 1 heterocycles. The molecule has 5 nitrogen and oxygen atoms in total. The summed E-state index contributed by atoms with van der Waals surface area (Å²) in [6.07, 6.45) is 4.99. The number of hydrogen-bond acceptors (Lipinski definition) is 3. The molecule has 0 spiro atoms. The second-order valence-corrected chi connectivity index (χ2v) is 7.43. The van der Waals surface area contributed by atoms with Gasteiger partial charge in [0, 0.05) is 41.9 Å². The molecular weight excluding hydrogens is 317 g/mol. The molecule has 1 aromatic rings. The van der Waals surface area contributed by atoms with Gasteiger partial charge in [0.1, 0.15) is 5.82 Å². The Labute approximate surface area is 139 Å². The molecule has 0 radical (unpaired) electrons. The molecule has 0 aromatic heterocycles. The van der Waals surface area contributed by atoms with Crippen LogP contribution in [-0.4, -0.2) is 41.4 Å². The van der Waals surface area contributed by atoms with E-state index in [0.717, 1.165) is 31.6 Å². The summed E-state index contributed by atoms with van der Waals surface area (Å²) in [5, 5.41) is 5.45. The summed E-state index contributed by atoms with van der Waals surface area (Å²) < 4.78 is 24.8. The van der Waals surface area contributed by atoms with Crippen LogP contribution in [0.3, 0.4) is 0 Å². The summed E-state index contributed by atoms with van der Waals surface area (Å²) in [5.74, 6) is -0.000921. The van der Waals surface area contributed by atoms with E-state index in [9.17, 15) is 13.4 Å². The standard InChI is InChI=1S/C16H24FN3O2S/c1-12(11-23(2)22)18-16(21)19-14-10-13(17)6-7-15(14)20-8-4-3-5-9-20/h6-7,10,12H,3-5,8-9,11H2,1-2H3,(H2,18,19,21)/t12-,23+/m0/s1. The minimum absolute atomic E-state index is 0.215. The van der Waals surface area contributed by atoms with Crippen molar-refractivity contribution in [2.24, 2.45) is 0 Å². The Hall–Kier alpha value is -1.63. The molecule has 0 saturated carbocycles. The van der Waals surface area contributed by atoms with Crippen LogP contribution in [0, 0.1) is 5.82 Å². The van der Waals surface area contributed by atoms with Crippen LogP contribution in [0.4, 0.5) is 20.6 Å². The highest BCUT2D eigenvalue weighted by atomic mass is 32.2. The lowest BCUT2D eigenvalue weighted by Crippen LogP contribution is -2.39. The first-order valence-corrected chi connectivity index (χ1v) is 9.60. The molecule has 1 aliphatic heterocycles. The number of piperidine rings is 1. The van der Waals surface area contributed by atoms with Crippen molar-refractivity contribution in [1.29, 1.82) is 0 Å². The van der Waals surface area contributed by atoms with Gasteiger partial charge in [-0.3, -0.25) is 4.21 Å². The molecule has 1 fully saturated rings. The molecule has 0 bridgehead atoms. The number of rotatable bonds is 5. The van der Waals surface area contributed by atoms with Gasteiger partial charge in [0.05, 0.1) is 11.4 Å². The highest BCUT2D eigenvalue weighted by Crippen LogP contribution is 2.29. The number of nitrogens with one attached hydrogen (secondary N) is 2. The van der Waals surface area contributed by atoms with Gasteiger partial charge in [0.15, 0.2) is 0 Å². The number of carbonyl (C=O) groups excluding carboxylic acids is 1. The van der Waals surface area contributed by atoms with Gasteiger partial charge in [-0.15, -0.1) is 0 Å². The topological polar surface area (TPSA) is 61.4 Å². The molecule has 128 valence electrons. The lowest BCUT2D eigenvalue weighted by atomic mass is 10.1. The summed E-state index contributed by atoms with van der Waals surface area (Å²) in [4.78, 5) is 14.3. The maximum Gasteiger partial charge on any atom is 0.319 e. The summed E-state index contributed by atoms with van der Waals surface area (Å²) >= 11 is 0. The maximum absolute atomic E-state index is 13.6. The van der Waals surface area contributed by atoms with Crippen molar-refractivity contribution in [3.63, 3.8) is 0 Å². The van der Waals surface area contributed by atoms with Crippen molar-refractivity contribution in [3.8, 4) is 0 Å². The third-order valence-corrected chi connectivity index (χ3v) is 4.74. The van der Waals surface area contributed by atoms with Crippen LogP contribution in [-0.2, 0) is 10.8 Å². The first-order valence-electron chi connectivity index (χ1n) is 7.88. The number of halogens is 1. The van der Waals surface area contributed by atoms with Gasteiger partial charge in [-0.1, -0.05) is 0 Å². The minimum Gasteiger partial charge on any atom is -0.370 e. The van der Waals surface area contributed by atoms with E-state index in [4.69, 9.17) is 0 Å². The Morgan fingerprint density at radius 3 is 2.70 bits per heavy atom. The first-order chi connectivity index (χ1) is 11.0. The average Bonchev–Trinajstić information content (AvgIpc) is 2.47. The van der Waals surface area contributed by atoms with Crippen LogP contribution in [0.15, 0.2) is 18.2 Å². The molecule has 2 atom stereocenters. The smallest absolute Gasteiger partial charge is 0.319 e. The van der Waals surface area contributed by atoms with Crippen LogP contribution in [0.25, 0.3) is 0 Å². The van der Waals surface area contributed by atoms with Crippen molar-refractivity contribution < 1.29 is 13.4 Å². The van der Waals surface area contributed by atoms with E-state index in [-0.39, 0.29) is 11.9 Å². The molecule has 2 N–H and O–H groups in total. The van der Waals surface area contributed by atoms with Gasteiger partial charge < -0.3 is 15.5 Å². The van der Waals surface area contributed by atoms with Gasteiger partial charge in [0.25, 0.3) is 0 Å². The number of urea groups is 1. The van der Waals surface area contributed by atoms with Crippen LogP contribution in [0.1, 0.15) is 26.2 Å². The summed E-state index contributed by atoms with van der Waals surface area (Å²) in [6, 6.07) is 3.84. The van der Waals surface area contributed by atoms with Crippen LogP contribution in [0.2, 0.25) is 0 Å². The van der Waals surface area contributed by atoms with Crippen LogP contribution in [0.5, 0.6) is 0 Å². The molecule has 1 aliphatic rings. The van der Waals surface area contributed by atoms with Gasteiger partial charge in [-0.05, 0) is 44.4 Å². The predicted octanol–water partition coefficient (Wildman–Crippen LogP) is 2.70. The number of anilines is 2. The predicted molar refractivity (Wildman–Crippen MR) is 93.0 cm³/mol. The molecule has 7 heteroatoms. The SMILES string of the molecule is C[C@@H](C[S@@](C)=O)NC(=O)Nc1cc(F)ccc1N1CCCCC1. The van der Waals surface area contributed by atoms with Crippen LogP contribution < -0.4 is 15.5 Å². The zero-order valence-electron chi connectivity index (χ0n) is 13.6. The number of carbonyl (C=O) groups is 1. The fraction of sp³-hybridized carbons (Fsp3) is 0.562. The van der Waals surface area contributed by atoms with E-state index in [1.54, 1.807) is 19.2 Å². The quantitative estimate of drug-likeness (QED) is 0.866. The Morgan fingerprint density at radius 1 is 1.35 bits per heavy atom. The van der Waals surface area contributed by atoms with E-state index in [1.165, 1.54) is 18.6 Å². The number of amides is 2. The summed E-state index contributed by atoms with van der Waals surface area (Å²) in [7, 11) is -0.981. The Bertz CT molecular complexity index is 576. The van der Waals surface area contributed by atoms with E-state index in [0.29, 0.717) is 11.4 Å². The lowest BCUT2D eigenvalue weighted by molar-refractivity contribution is 0.250. The zero-order valence-corrected chi connectivity index (χ0v) is 14.4. The molecule has 2 rings (SSSR count). The Kier molecular flexibility index (Phi) is 6.38. The van der Waals surface area contributed by atoms with Crippen molar-refractivity contribution >= 4 is 28.2 Å². The third-order valence-electron chi connectivity index (χ3n) is 3.77. The van der Waals surface area contributed by atoms with E-state index >= 15 is 0 Å². The van der Waals surface area contributed by atoms with E-state index in [1.807, 2.05) is 0 Å². The fourth-order valence-electron chi connectivity index (χ4n) is 2.79. The van der Waals surface area contributed by atoms with Crippen molar-refractivity contribution in [1.82, 2.24) is 5.32 Å². The number of benzene rings is 1. The molecule has 1 saturated heterocycles. The van der Waals surface area contributed by atoms with E-state index in [2.05, 4.69) is 15.5 Å². The second-order valence-electron chi connectivity index (χ2n) is 5.95. The maximum atomic E-state index is 13.6. The monoisotopic (exact) mass is 341 g/mol. The molecule has 2 amide bonds. The number of nitrogens with zero attached hydrogens (tertiary/aromatic N) is 1. The first kappa shape index (κ1) is 17.7. The molecule has 0 aliphatic carbocycles. The Morgan fingerprint density at radius 2 is 2.04 bits per heavy atom. The largest absolute Gasteiger partial charge is 0.370 e. The zero-order chi connectivity index (χ0) is 16.8. The van der Waals surface area contributed by atoms with Gasteiger partial charge >= 0.3 is 6.03 Å². The van der Waals surface area contributed by atoms with Crippen molar-refractivity contribution in [2.75, 3.05) is 35.3 Å². The fourth-order valence-corrected chi connectivity index (χ4v) is 3.58.